The number of carbonyl (C=O) groups is 2. The van der Waals surface area contributed by atoms with Crippen molar-refractivity contribution in [3.05, 3.63) is 23.8 Å². The number of hydrogen-bond donors (Lipinski definition) is 1. The zero-order chi connectivity index (χ0) is 20.8. The van der Waals surface area contributed by atoms with Gasteiger partial charge in [0.15, 0.2) is 5.82 Å². The molecule has 1 aromatic heterocycles. The van der Waals surface area contributed by atoms with Crippen molar-refractivity contribution in [2.75, 3.05) is 11.4 Å². The van der Waals surface area contributed by atoms with Crippen LogP contribution in [0.25, 0.3) is 10.9 Å². The van der Waals surface area contributed by atoms with Gasteiger partial charge in [0.05, 0.1) is 5.52 Å². The van der Waals surface area contributed by atoms with E-state index in [4.69, 9.17) is 0 Å². The Balaban J connectivity index is 0.000000660. The minimum atomic E-state index is -0.389. The maximum absolute atomic E-state index is 12.1. The number of carbonyl (C=O) groups excluding carboxylic acids is 2. The van der Waals surface area contributed by atoms with Crippen LogP contribution in [0.3, 0.4) is 0 Å². The molecule has 2 aliphatic rings. The number of nitrogens with zero attached hydrogens (tertiary/aromatic N) is 3. The van der Waals surface area contributed by atoms with Gasteiger partial charge in [-0.25, -0.2) is 4.79 Å². The summed E-state index contributed by atoms with van der Waals surface area (Å²) in [7, 11) is 1.90. The van der Waals surface area contributed by atoms with Crippen molar-refractivity contribution >= 4 is 28.7 Å². The first-order valence-corrected chi connectivity index (χ1v) is 10.6. The summed E-state index contributed by atoms with van der Waals surface area (Å²) in [5, 5.41) is 7.85. The minimum Gasteiger partial charge on any atom is -0.278 e. The second-order valence-electron chi connectivity index (χ2n) is 6.92. The number of hydrogen-bond acceptors (Lipinski definition) is 3. The molecule has 28 heavy (non-hydrogen) atoms. The third-order valence-electron chi connectivity index (χ3n) is 5.45. The van der Waals surface area contributed by atoms with Gasteiger partial charge < -0.3 is 0 Å². The van der Waals surface area contributed by atoms with Gasteiger partial charge in [-0.1, -0.05) is 47.1 Å². The van der Waals surface area contributed by atoms with Crippen molar-refractivity contribution in [1.82, 2.24) is 15.1 Å². The number of fused-ring (bicyclic) bond motifs is 1. The smallest absolute Gasteiger partial charge is 0.278 e. The molecule has 4 rings (SSSR count). The number of urea groups is 1. The normalized spacial score (nSPS) is 21.1. The summed E-state index contributed by atoms with van der Waals surface area (Å²) >= 11 is 0. The average Bonchev–Trinajstić information content (AvgIpc) is 3.00. The Morgan fingerprint density at radius 3 is 2.43 bits per heavy atom. The van der Waals surface area contributed by atoms with Crippen molar-refractivity contribution in [2.24, 2.45) is 13.0 Å². The molecule has 1 N–H and O–H groups in total. The lowest BCUT2D eigenvalue weighted by Gasteiger charge is -2.35. The van der Waals surface area contributed by atoms with Gasteiger partial charge >= 0.3 is 6.03 Å². The number of amides is 3. The molecule has 6 heteroatoms. The van der Waals surface area contributed by atoms with Gasteiger partial charge in [-0.15, -0.1) is 0 Å². The maximum atomic E-state index is 12.1. The maximum Gasteiger partial charge on any atom is 0.329 e. The lowest BCUT2D eigenvalue weighted by atomic mass is 9.70. The van der Waals surface area contributed by atoms with Crippen LogP contribution in [0.15, 0.2) is 18.2 Å². The third-order valence-corrected chi connectivity index (χ3v) is 5.45. The summed E-state index contributed by atoms with van der Waals surface area (Å²) in [6.07, 6.45) is 4.10. The zero-order valence-corrected chi connectivity index (χ0v) is 18.1. The zero-order valence-electron chi connectivity index (χ0n) is 18.1. The Bertz CT molecular complexity index is 821. The topological polar surface area (TPSA) is 67.2 Å². The number of anilines is 1. The van der Waals surface area contributed by atoms with E-state index in [1.807, 2.05) is 39.4 Å². The molecule has 0 atom stereocenters. The van der Waals surface area contributed by atoms with Crippen LogP contribution in [0.2, 0.25) is 0 Å². The van der Waals surface area contributed by atoms with Gasteiger partial charge in [0, 0.05) is 25.4 Å². The SMILES string of the molecule is CC.CC.CCC1CC(c2ccc3c(N4CCC(=O)NC4=O)nn(C)c3c2)C1. The number of benzene rings is 1. The Morgan fingerprint density at radius 1 is 1.14 bits per heavy atom. The number of nitrogens with one attached hydrogen (secondary N) is 1. The van der Waals surface area contributed by atoms with E-state index in [-0.39, 0.29) is 11.9 Å². The van der Waals surface area contributed by atoms with Gasteiger partial charge in [0.1, 0.15) is 0 Å². The third kappa shape index (κ3) is 4.21. The van der Waals surface area contributed by atoms with E-state index in [0.29, 0.717) is 24.7 Å². The molecule has 1 aliphatic heterocycles. The quantitative estimate of drug-likeness (QED) is 0.809. The number of aromatic nitrogens is 2. The van der Waals surface area contributed by atoms with Crippen LogP contribution < -0.4 is 10.2 Å². The van der Waals surface area contributed by atoms with Crippen molar-refractivity contribution in [1.29, 1.82) is 0 Å². The Morgan fingerprint density at radius 2 is 1.82 bits per heavy atom. The van der Waals surface area contributed by atoms with Gasteiger partial charge in [-0.05, 0) is 42.4 Å². The van der Waals surface area contributed by atoms with Crippen LogP contribution in [0, 0.1) is 5.92 Å². The van der Waals surface area contributed by atoms with Crippen molar-refractivity contribution in [3.63, 3.8) is 0 Å². The lowest BCUT2D eigenvalue weighted by Crippen LogP contribution is -2.49. The van der Waals surface area contributed by atoms with Crippen LogP contribution in [0.5, 0.6) is 0 Å². The van der Waals surface area contributed by atoms with Crippen molar-refractivity contribution in [2.45, 2.75) is 66.2 Å². The van der Waals surface area contributed by atoms with Gasteiger partial charge in [-0.2, -0.15) is 5.10 Å². The summed E-state index contributed by atoms with van der Waals surface area (Å²) in [6, 6.07) is 6.04. The molecule has 154 valence electrons. The first-order valence-electron chi connectivity index (χ1n) is 10.6. The number of rotatable bonds is 3. The molecule has 1 aliphatic carbocycles. The molecule has 1 aromatic carbocycles. The molecular formula is C22H34N4O2. The first kappa shape index (κ1) is 21.9. The van der Waals surface area contributed by atoms with Crippen LogP contribution >= 0.6 is 0 Å². The highest BCUT2D eigenvalue weighted by atomic mass is 16.2. The Labute approximate surface area is 168 Å². The molecule has 2 heterocycles. The standard InChI is InChI=1S/C18H22N4O2.2C2H6/c1-3-11-8-13(9-11)12-4-5-14-15(10-12)21(2)20-17(14)22-7-6-16(23)19-18(22)24;2*1-2/h4-5,10-11,13H,3,6-9H2,1-2H3,(H,19,23,24);2*1-2H3. The fourth-order valence-electron chi connectivity index (χ4n) is 3.82. The van der Waals surface area contributed by atoms with E-state index in [9.17, 15) is 9.59 Å². The minimum absolute atomic E-state index is 0.228. The van der Waals surface area contributed by atoms with Crippen LogP contribution in [0.4, 0.5) is 10.6 Å². The van der Waals surface area contributed by atoms with E-state index in [0.717, 1.165) is 16.8 Å². The predicted molar refractivity (Wildman–Crippen MR) is 115 cm³/mol. The van der Waals surface area contributed by atoms with Crippen molar-refractivity contribution < 1.29 is 9.59 Å². The number of aryl methyl sites for hydroxylation is 1. The lowest BCUT2D eigenvalue weighted by molar-refractivity contribution is -0.120. The highest BCUT2D eigenvalue weighted by Crippen LogP contribution is 2.44. The van der Waals surface area contributed by atoms with Gasteiger partial charge in [0.25, 0.3) is 0 Å². The average molecular weight is 387 g/mol. The van der Waals surface area contributed by atoms with Gasteiger partial charge in [-0.3, -0.25) is 19.7 Å². The molecule has 2 fully saturated rings. The molecule has 1 saturated heterocycles. The van der Waals surface area contributed by atoms with Crippen LogP contribution in [0.1, 0.15) is 71.8 Å². The summed E-state index contributed by atoms with van der Waals surface area (Å²) in [4.78, 5) is 25.0. The predicted octanol–water partition coefficient (Wildman–Crippen LogP) is 4.98. The second kappa shape index (κ2) is 9.71. The molecule has 3 amide bonds. The first-order chi connectivity index (χ1) is 13.6. The van der Waals surface area contributed by atoms with E-state index in [1.54, 1.807) is 4.90 Å². The fraction of sp³-hybridized carbons (Fsp3) is 0.591. The molecule has 0 radical (unpaired) electrons. The summed E-state index contributed by atoms with van der Waals surface area (Å²) in [5.74, 6) is 1.91. The van der Waals surface area contributed by atoms with Crippen molar-refractivity contribution in [3.8, 4) is 0 Å². The fourth-order valence-corrected chi connectivity index (χ4v) is 3.82. The van der Waals surface area contributed by atoms with E-state index in [2.05, 4.69) is 35.5 Å². The Hall–Kier alpha value is -2.37. The largest absolute Gasteiger partial charge is 0.329 e. The molecule has 1 saturated carbocycles. The molecule has 0 unspecified atom stereocenters. The summed E-state index contributed by atoms with van der Waals surface area (Å²) < 4.78 is 1.83. The monoisotopic (exact) mass is 386 g/mol. The van der Waals surface area contributed by atoms with Crippen LogP contribution in [-0.2, 0) is 11.8 Å². The molecule has 6 nitrogen and oxygen atoms in total. The van der Waals surface area contributed by atoms with E-state index < -0.39 is 0 Å². The van der Waals surface area contributed by atoms with Crippen LogP contribution in [-0.4, -0.2) is 28.3 Å². The molecule has 0 spiro atoms. The van der Waals surface area contributed by atoms with E-state index in [1.165, 1.54) is 24.8 Å². The highest BCUT2D eigenvalue weighted by Gasteiger charge is 2.31. The van der Waals surface area contributed by atoms with Gasteiger partial charge in [0.2, 0.25) is 5.91 Å². The second-order valence-corrected chi connectivity index (χ2v) is 6.92. The highest BCUT2D eigenvalue weighted by molar-refractivity contribution is 6.08. The molecular weight excluding hydrogens is 352 g/mol. The summed E-state index contributed by atoms with van der Waals surface area (Å²) in [6.45, 7) is 10.6. The summed E-state index contributed by atoms with van der Waals surface area (Å²) in [5.41, 5.74) is 2.40. The molecule has 2 aromatic rings. The molecule has 0 bridgehead atoms. The Kier molecular flexibility index (Phi) is 7.61. The number of imide groups is 1. The van der Waals surface area contributed by atoms with E-state index >= 15 is 0 Å².